The molecule has 0 amide bonds. The third-order valence-corrected chi connectivity index (χ3v) is 3.98. The molecule has 0 bridgehead atoms. The maximum atomic E-state index is 11.6. The summed E-state index contributed by atoms with van der Waals surface area (Å²) in [5.41, 5.74) is 2.15. The van der Waals surface area contributed by atoms with Gasteiger partial charge in [-0.2, -0.15) is 0 Å². The zero-order valence-electron chi connectivity index (χ0n) is 9.96. The lowest BCUT2D eigenvalue weighted by molar-refractivity contribution is 0.600. The van der Waals surface area contributed by atoms with Crippen LogP contribution in [-0.2, 0) is 10.0 Å². The fourth-order valence-corrected chi connectivity index (χ4v) is 2.89. The van der Waals surface area contributed by atoms with Crippen LogP contribution in [0.1, 0.15) is 25.8 Å². The first-order valence-electron chi connectivity index (χ1n) is 5.31. The van der Waals surface area contributed by atoms with Gasteiger partial charge in [0.2, 0.25) is 10.0 Å². The van der Waals surface area contributed by atoms with Gasteiger partial charge in [-0.15, -0.1) is 0 Å². The minimum Gasteiger partial charge on any atom is -0.284 e. The molecular formula is C12H16ClNO2S. The first-order valence-corrected chi connectivity index (χ1v) is 7.34. The molecule has 0 unspecified atom stereocenters. The van der Waals surface area contributed by atoms with E-state index in [9.17, 15) is 8.42 Å². The van der Waals surface area contributed by atoms with E-state index in [-0.39, 0.29) is 5.75 Å². The van der Waals surface area contributed by atoms with E-state index < -0.39 is 10.0 Å². The van der Waals surface area contributed by atoms with E-state index in [0.29, 0.717) is 17.1 Å². The van der Waals surface area contributed by atoms with Gasteiger partial charge < -0.3 is 0 Å². The van der Waals surface area contributed by atoms with E-state index in [1.54, 1.807) is 18.2 Å². The topological polar surface area (TPSA) is 46.2 Å². The van der Waals surface area contributed by atoms with E-state index in [4.69, 9.17) is 11.6 Å². The number of anilines is 1. The van der Waals surface area contributed by atoms with Gasteiger partial charge in [0.05, 0.1) is 10.8 Å². The van der Waals surface area contributed by atoms with Gasteiger partial charge in [0.1, 0.15) is 0 Å². The van der Waals surface area contributed by atoms with Crippen molar-refractivity contribution in [1.29, 1.82) is 0 Å². The summed E-state index contributed by atoms with van der Waals surface area (Å²) in [4.78, 5) is 0. The molecule has 0 aromatic heterocycles. The molecule has 1 N–H and O–H groups in total. The normalized spacial score (nSPS) is 11.2. The molecule has 1 aromatic carbocycles. The van der Waals surface area contributed by atoms with Crippen molar-refractivity contribution >= 4 is 32.9 Å². The summed E-state index contributed by atoms with van der Waals surface area (Å²) < 4.78 is 25.6. The average molecular weight is 274 g/mol. The van der Waals surface area contributed by atoms with Crippen LogP contribution < -0.4 is 4.72 Å². The molecule has 0 aliphatic carbocycles. The van der Waals surface area contributed by atoms with Gasteiger partial charge in [-0.3, -0.25) is 4.72 Å². The van der Waals surface area contributed by atoms with Crippen molar-refractivity contribution in [3.63, 3.8) is 0 Å². The van der Waals surface area contributed by atoms with E-state index >= 15 is 0 Å². The summed E-state index contributed by atoms with van der Waals surface area (Å²) in [5.74, 6) is 0.104. The molecule has 0 aliphatic heterocycles. The standard InChI is InChI=1S/C12H16ClNO2S/c1-4-7-17(15,16)14-10-5-6-11(9(2)3)12(13)8-10/h5-6,8,14H,2,4,7H2,1,3H3. The van der Waals surface area contributed by atoms with Crippen LogP contribution in [0.15, 0.2) is 24.8 Å². The molecule has 1 rings (SSSR count). The molecule has 17 heavy (non-hydrogen) atoms. The largest absolute Gasteiger partial charge is 0.284 e. The lowest BCUT2D eigenvalue weighted by Gasteiger charge is -2.09. The molecule has 0 radical (unpaired) electrons. The second-order valence-electron chi connectivity index (χ2n) is 3.90. The Hall–Kier alpha value is -1.00. The molecule has 0 saturated carbocycles. The summed E-state index contributed by atoms with van der Waals surface area (Å²) in [7, 11) is -3.27. The highest BCUT2D eigenvalue weighted by Gasteiger charge is 2.10. The van der Waals surface area contributed by atoms with E-state index in [1.807, 2.05) is 13.8 Å². The number of sulfonamides is 1. The van der Waals surface area contributed by atoms with Gasteiger partial charge in [0.25, 0.3) is 0 Å². The van der Waals surface area contributed by atoms with Gasteiger partial charge in [-0.25, -0.2) is 8.42 Å². The number of halogens is 1. The molecule has 0 atom stereocenters. The Labute approximate surface area is 108 Å². The predicted molar refractivity (Wildman–Crippen MR) is 73.9 cm³/mol. The van der Waals surface area contributed by atoms with Crippen LogP contribution in [-0.4, -0.2) is 14.2 Å². The average Bonchev–Trinajstić information content (AvgIpc) is 2.15. The Bertz CT molecular complexity index is 523. The van der Waals surface area contributed by atoms with Crippen molar-refractivity contribution in [3.8, 4) is 0 Å². The van der Waals surface area contributed by atoms with Gasteiger partial charge >= 0.3 is 0 Å². The Kier molecular flexibility index (Phi) is 4.60. The predicted octanol–water partition coefficient (Wildman–Crippen LogP) is 3.52. The summed E-state index contributed by atoms with van der Waals surface area (Å²) in [6.07, 6.45) is 0.576. The molecule has 0 heterocycles. The van der Waals surface area contributed by atoms with Crippen LogP contribution in [0.2, 0.25) is 5.02 Å². The lowest BCUT2D eigenvalue weighted by atomic mass is 10.1. The van der Waals surface area contributed by atoms with Crippen LogP contribution in [0.3, 0.4) is 0 Å². The van der Waals surface area contributed by atoms with Gasteiger partial charge in [-0.1, -0.05) is 31.2 Å². The third-order valence-electron chi connectivity index (χ3n) is 2.18. The Morgan fingerprint density at radius 1 is 1.47 bits per heavy atom. The van der Waals surface area contributed by atoms with E-state index in [0.717, 1.165) is 11.1 Å². The monoisotopic (exact) mass is 273 g/mol. The minimum absolute atomic E-state index is 0.104. The highest BCUT2D eigenvalue weighted by Crippen LogP contribution is 2.26. The number of hydrogen-bond acceptors (Lipinski definition) is 2. The Morgan fingerprint density at radius 2 is 2.12 bits per heavy atom. The van der Waals surface area contributed by atoms with Crippen LogP contribution in [0.4, 0.5) is 5.69 Å². The summed E-state index contributed by atoms with van der Waals surface area (Å²) in [6.45, 7) is 7.46. The number of rotatable bonds is 5. The smallest absolute Gasteiger partial charge is 0.232 e. The molecule has 0 saturated heterocycles. The van der Waals surface area contributed by atoms with Crippen molar-refractivity contribution in [2.75, 3.05) is 10.5 Å². The molecule has 5 heteroatoms. The highest BCUT2D eigenvalue weighted by molar-refractivity contribution is 7.92. The van der Waals surface area contributed by atoms with E-state index in [2.05, 4.69) is 11.3 Å². The lowest BCUT2D eigenvalue weighted by Crippen LogP contribution is -2.16. The third kappa shape index (κ3) is 4.06. The number of hydrogen-bond donors (Lipinski definition) is 1. The molecular weight excluding hydrogens is 258 g/mol. The fourth-order valence-electron chi connectivity index (χ4n) is 1.42. The zero-order valence-corrected chi connectivity index (χ0v) is 11.5. The second kappa shape index (κ2) is 5.56. The van der Waals surface area contributed by atoms with Crippen molar-refractivity contribution in [2.45, 2.75) is 20.3 Å². The molecule has 3 nitrogen and oxygen atoms in total. The fraction of sp³-hybridized carbons (Fsp3) is 0.333. The second-order valence-corrected chi connectivity index (χ2v) is 6.14. The summed E-state index contributed by atoms with van der Waals surface area (Å²) >= 11 is 6.03. The van der Waals surface area contributed by atoms with Crippen molar-refractivity contribution in [1.82, 2.24) is 0 Å². The SMILES string of the molecule is C=C(C)c1ccc(NS(=O)(=O)CCC)cc1Cl. The molecule has 0 aliphatic rings. The highest BCUT2D eigenvalue weighted by atomic mass is 35.5. The quantitative estimate of drug-likeness (QED) is 0.892. The van der Waals surface area contributed by atoms with Crippen LogP contribution in [0.25, 0.3) is 5.57 Å². The van der Waals surface area contributed by atoms with Crippen LogP contribution >= 0.6 is 11.6 Å². The summed E-state index contributed by atoms with van der Waals surface area (Å²) in [5, 5.41) is 0.495. The van der Waals surface area contributed by atoms with Gasteiger partial charge in [0, 0.05) is 5.69 Å². The molecule has 94 valence electrons. The Balaban J connectivity index is 2.96. The number of allylic oxidation sites excluding steroid dienone is 1. The van der Waals surface area contributed by atoms with E-state index in [1.165, 1.54) is 0 Å². The van der Waals surface area contributed by atoms with Crippen LogP contribution in [0, 0.1) is 0 Å². The molecule has 0 fully saturated rings. The molecule has 0 spiro atoms. The van der Waals surface area contributed by atoms with Gasteiger partial charge in [0.15, 0.2) is 0 Å². The minimum atomic E-state index is -3.27. The summed E-state index contributed by atoms with van der Waals surface area (Å²) in [6, 6.07) is 5.04. The van der Waals surface area contributed by atoms with Crippen molar-refractivity contribution in [3.05, 3.63) is 35.4 Å². The number of benzene rings is 1. The maximum Gasteiger partial charge on any atom is 0.232 e. The maximum absolute atomic E-state index is 11.6. The first kappa shape index (κ1) is 14.1. The van der Waals surface area contributed by atoms with Crippen LogP contribution in [0.5, 0.6) is 0 Å². The molecule has 1 aromatic rings. The number of nitrogens with one attached hydrogen (secondary N) is 1. The van der Waals surface area contributed by atoms with Crippen molar-refractivity contribution < 1.29 is 8.42 Å². The van der Waals surface area contributed by atoms with Crippen molar-refractivity contribution in [2.24, 2.45) is 0 Å². The van der Waals surface area contributed by atoms with Gasteiger partial charge in [-0.05, 0) is 36.6 Å². The Morgan fingerprint density at radius 3 is 2.59 bits per heavy atom. The zero-order chi connectivity index (χ0) is 13.1. The first-order chi connectivity index (χ1) is 7.85.